The minimum absolute atomic E-state index is 0.0266. The summed E-state index contributed by atoms with van der Waals surface area (Å²) in [5, 5.41) is 40.5. The van der Waals surface area contributed by atoms with E-state index in [1.54, 1.807) is 0 Å². The molecule has 0 saturated carbocycles. The van der Waals surface area contributed by atoms with Gasteiger partial charge in [-0.05, 0) is 35.4 Å². The second-order valence-corrected chi connectivity index (χ2v) is 7.59. The van der Waals surface area contributed by atoms with Crippen LogP contribution in [0.3, 0.4) is 0 Å². The number of aromatic hydroxyl groups is 4. The van der Waals surface area contributed by atoms with E-state index in [0.717, 1.165) is 12.1 Å². The Bertz CT molecular complexity index is 1120. The van der Waals surface area contributed by atoms with Crippen molar-refractivity contribution in [2.75, 3.05) is 26.2 Å². The molecule has 4 rings (SSSR count). The average Bonchev–Trinajstić information content (AvgIpc) is 2.73. The number of phenolic OH excluding ortho intramolecular Hbond substituents is 4. The van der Waals surface area contributed by atoms with E-state index in [-0.39, 0.29) is 37.3 Å². The van der Waals surface area contributed by atoms with E-state index in [1.165, 1.54) is 21.9 Å². The Kier molecular flexibility index (Phi) is 4.44. The van der Waals surface area contributed by atoms with Gasteiger partial charge in [-0.1, -0.05) is 11.8 Å². The van der Waals surface area contributed by atoms with Gasteiger partial charge in [-0.15, -0.1) is 12.8 Å². The number of carbonyl (C=O) groups is 2. The maximum absolute atomic E-state index is 13.0. The number of nitrogens with zero attached hydrogens (tertiary/aromatic N) is 2. The molecule has 156 valence electrons. The van der Waals surface area contributed by atoms with Crippen LogP contribution in [0.4, 0.5) is 0 Å². The van der Waals surface area contributed by atoms with Gasteiger partial charge >= 0.3 is 0 Å². The van der Waals surface area contributed by atoms with Gasteiger partial charge in [0.25, 0.3) is 11.8 Å². The maximum Gasteiger partial charge on any atom is 0.255 e. The van der Waals surface area contributed by atoms with E-state index in [9.17, 15) is 30.0 Å². The summed E-state index contributed by atoms with van der Waals surface area (Å²) in [7, 11) is 0. The van der Waals surface area contributed by atoms with Gasteiger partial charge in [-0.25, -0.2) is 0 Å². The van der Waals surface area contributed by atoms with Crippen LogP contribution < -0.4 is 0 Å². The zero-order chi connectivity index (χ0) is 22.5. The summed E-state index contributed by atoms with van der Waals surface area (Å²) in [5.74, 6) is 2.12. The Hall–Kier alpha value is -4.30. The van der Waals surface area contributed by atoms with Crippen molar-refractivity contribution in [3.63, 3.8) is 0 Å². The molecular weight excluding hydrogens is 400 g/mol. The third-order valence-corrected chi connectivity index (χ3v) is 5.78. The molecule has 0 fully saturated rings. The molecule has 2 aromatic rings. The lowest BCUT2D eigenvalue weighted by molar-refractivity contribution is 0.0616. The van der Waals surface area contributed by atoms with Crippen molar-refractivity contribution in [1.82, 2.24) is 9.80 Å². The van der Waals surface area contributed by atoms with Crippen LogP contribution >= 0.6 is 0 Å². The van der Waals surface area contributed by atoms with Crippen LogP contribution in [0.25, 0.3) is 0 Å². The maximum atomic E-state index is 13.0. The number of hydrogen-bond donors (Lipinski definition) is 4. The first-order chi connectivity index (χ1) is 14.7. The average molecular weight is 418 g/mol. The normalized spacial score (nSPS) is 16.5. The molecule has 1 spiro atoms. The molecular formula is C23H18N2O6. The van der Waals surface area contributed by atoms with E-state index in [1.807, 2.05) is 0 Å². The van der Waals surface area contributed by atoms with Gasteiger partial charge in [0.15, 0.2) is 23.0 Å². The third-order valence-electron chi connectivity index (χ3n) is 5.78. The fourth-order valence-electron chi connectivity index (χ4n) is 4.45. The zero-order valence-corrected chi connectivity index (χ0v) is 16.3. The molecule has 31 heavy (non-hydrogen) atoms. The Labute approximate surface area is 178 Å². The van der Waals surface area contributed by atoms with Crippen LogP contribution in [0.15, 0.2) is 24.3 Å². The number of fused-ring (bicyclic) bond motifs is 4. The standard InChI is InChI=1S/C23H18N2O6/c1-3-5-24-11-23(15-9-19(28)17(26)7-13(15)21(24)30)12-25(6-4-2)22(31)14-8-18(27)20(29)10-16(14)23/h1-2,7-10,26-29H,5-6,11-12H2. The van der Waals surface area contributed by atoms with Gasteiger partial charge in [0.05, 0.1) is 18.5 Å². The highest BCUT2D eigenvalue weighted by molar-refractivity contribution is 6.02. The quantitative estimate of drug-likeness (QED) is 0.426. The summed E-state index contributed by atoms with van der Waals surface area (Å²) in [6.07, 6.45) is 10.9. The molecule has 0 unspecified atom stereocenters. The monoisotopic (exact) mass is 418 g/mol. The molecule has 2 aliphatic rings. The van der Waals surface area contributed by atoms with Crippen molar-refractivity contribution in [1.29, 1.82) is 0 Å². The number of carbonyl (C=O) groups excluding carboxylic acids is 2. The number of amides is 2. The summed E-state index contributed by atoms with van der Waals surface area (Å²) < 4.78 is 0. The summed E-state index contributed by atoms with van der Waals surface area (Å²) >= 11 is 0. The van der Waals surface area contributed by atoms with Crippen molar-refractivity contribution in [2.45, 2.75) is 5.41 Å². The highest BCUT2D eigenvalue weighted by Crippen LogP contribution is 2.48. The predicted octanol–water partition coefficient (Wildman–Crippen LogP) is 0.973. The number of phenols is 4. The first-order valence-corrected chi connectivity index (χ1v) is 9.32. The van der Waals surface area contributed by atoms with Gasteiger partial charge in [0.1, 0.15) is 0 Å². The molecule has 0 aliphatic carbocycles. The van der Waals surface area contributed by atoms with Gasteiger partial charge in [-0.3, -0.25) is 9.59 Å². The van der Waals surface area contributed by atoms with Crippen molar-refractivity contribution in [3.8, 4) is 47.7 Å². The minimum atomic E-state index is -1.13. The molecule has 0 radical (unpaired) electrons. The SMILES string of the molecule is C#CCN1CC2(CN(CC#C)C(=O)c3cc(O)c(O)cc32)c2cc(O)c(O)cc2C1=O. The van der Waals surface area contributed by atoms with Crippen LogP contribution in [-0.2, 0) is 5.41 Å². The second kappa shape index (κ2) is 6.89. The molecule has 0 saturated heterocycles. The number of rotatable bonds is 2. The Morgan fingerprint density at radius 3 is 1.45 bits per heavy atom. The number of benzene rings is 2. The Morgan fingerprint density at radius 2 is 1.10 bits per heavy atom. The van der Waals surface area contributed by atoms with Crippen molar-refractivity contribution < 1.29 is 30.0 Å². The lowest BCUT2D eigenvalue weighted by Crippen LogP contribution is -2.59. The van der Waals surface area contributed by atoms with Gasteiger partial charge in [-0.2, -0.15) is 0 Å². The molecule has 2 amide bonds. The smallest absolute Gasteiger partial charge is 0.255 e. The summed E-state index contributed by atoms with van der Waals surface area (Å²) in [6.45, 7) is -0.0219. The molecule has 0 bridgehead atoms. The van der Waals surface area contributed by atoms with E-state index in [0.29, 0.717) is 11.1 Å². The lowest BCUT2D eigenvalue weighted by Gasteiger charge is -2.49. The van der Waals surface area contributed by atoms with Gasteiger partial charge in [0, 0.05) is 24.2 Å². The van der Waals surface area contributed by atoms with Crippen molar-refractivity contribution in [2.24, 2.45) is 0 Å². The van der Waals surface area contributed by atoms with Crippen LogP contribution in [0.2, 0.25) is 0 Å². The zero-order valence-electron chi connectivity index (χ0n) is 16.3. The topological polar surface area (TPSA) is 122 Å². The molecule has 2 heterocycles. The highest BCUT2D eigenvalue weighted by atomic mass is 16.3. The number of hydrogen-bond acceptors (Lipinski definition) is 6. The van der Waals surface area contributed by atoms with Gasteiger partial charge in [0.2, 0.25) is 0 Å². The fraction of sp³-hybridized carbons (Fsp3) is 0.217. The van der Waals surface area contributed by atoms with E-state index >= 15 is 0 Å². The molecule has 0 atom stereocenters. The molecule has 8 nitrogen and oxygen atoms in total. The third kappa shape index (κ3) is 2.81. The van der Waals surface area contributed by atoms with E-state index in [4.69, 9.17) is 12.8 Å². The highest BCUT2D eigenvalue weighted by Gasteiger charge is 2.51. The predicted molar refractivity (Wildman–Crippen MR) is 110 cm³/mol. The summed E-state index contributed by atoms with van der Waals surface area (Å²) in [4.78, 5) is 28.8. The molecule has 0 aromatic heterocycles. The van der Waals surface area contributed by atoms with E-state index < -0.39 is 40.2 Å². The van der Waals surface area contributed by atoms with Gasteiger partial charge < -0.3 is 30.2 Å². The Morgan fingerprint density at radius 1 is 0.742 bits per heavy atom. The van der Waals surface area contributed by atoms with Crippen LogP contribution in [0.5, 0.6) is 23.0 Å². The summed E-state index contributed by atoms with van der Waals surface area (Å²) in [5.41, 5.74) is -0.226. The minimum Gasteiger partial charge on any atom is -0.504 e. The first-order valence-electron chi connectivity index (χ1n) is 9.32. The van der Waals surface area contributed by atoms with Crippen molar-refractivity contribution in [3.05, 3.63) is 46.5 Å². The van der Waals surface area contributed by atoms with Crippen molar-refractivity contribution >= 4 is 11.8 Å². The molecule has 2 aromatic carbocycles. The second-order valence-electron chi connectivity index (χ2n) is 7.59. The molecule has 8 heteroatoms. The summed E-state index contributed by atoms with van der Waals surface area (Å²) in [6, 6.07) is 4.85. The largest absolute Gasteiger partial charge is 0.504 e. The molecule has 4 N–H and O–H groups in total. The lowest BCUT2D eigenvalue weighted by atomic mass is 9.66. The van der Waals surface area contributed by atoms with Crippen LogP contribution in [0, 0.1) is 24.7 Å². The fourth-order valence-corrected chi connectivity index (χ4v) is 4.45. The van der Waals surface area contributed by atoms with E-state index in [2.05, 4.69) is 11.8 Å². The number of terminal acetylenes is 2. The van der Waals surface area contributed by atoms with Crippen LogP contribution in [-0.4, -0.2) is 68.2 Å². The van der Waals surface area contributed by atoms with Crippen LogP contribution in [0.1, 0.15) is 31.8 Å². The Balaban J connectivity index is 2.09. The molecule has 2 aliphatic heterocycles. The first kappa shape index (κ1) is 20.0.